The number of rotatable bonds is 4. The zero-order chi connectivity index (χ0) is 13.8. The number of aryl methyl sites for hydroxylation is 1. The van der Waals surface area contributed by atoms with Crippen molar-refractivity contribution in [1.82, 2.24) is 5.32 Å². The molecule has 0 saturated carbocycles. The van der Waals surface area contributed by atoms with Gasteiger partial charge in [0.1, 0.15) is 5.75 Å². The highest BCUT2D eigenvalue weighted by Crippen LogP contribution is 2.31. The maximum Gasteiger partial charge on any atom is 0.231 e. The Labute approximate surface area is 114 Å². The van der Waals surface area contributed by atoms with Crippen LogP contribution in [0, 0.1) is 5.92 Å². The van der Waals surface area contributed by atoms with E-state index in [1.54, 1.807) is 7.11 Å². The number of carbonyl (C=O) groups excluding carboxylic acids is 1. The summed E-state index contributed by atoms with van der Waals surface area (Å²) in [6, 6.07) is 5.96. The van der Waals surface area contributed by atoms with Crippen molar-refractivity contribution in [3.05, 3.63) is 23.8 Å². The highest BCUT2D eigenvalue weighted by molar-refractivity contribution is 5.96. The smallest absolute Gasteiger partial charge is 0.231 e. The Morgan fingerprint density at radius 3 is 3.00 bits per heavy atom. The predicted octanol–water partition coefficient (Wildman–Crippen LogP) is 1.83. The molecule has 0 fully saturated rings. The second-order valence-electron chi connectivity index (χ2n) is 5.05. The van der Waals surface area contributed by atoms with Crippen LogP contribution < -0.4 is 15.0 Å². The number of hydrogen-bond donors (Lipinski definition) is 1. The fourth-order valence-corrected chi connectivity index (χ4v) is 2.59. The lowest BCUT2D eigenvalue weighted by Gasteiger charge is -2.31. The van der Waals surface area contributed by atoms with Gasteiger partial charge in [-0.15, -0.1) is 0 Å². The lowest BCUT2D eigenvalue weighted by atomic mass is 9.99. The molecule has 1 aliphatic rings. The van der Waals surface area contributed by atoms with Gasteiger partial charge in [0.2, 0.25) is 5.91 Å². The first-order chi connectivity index (χ1) is 9.17. The monoisotopic (exact) mass is 262 g/mol. The lowest BCUT2D eigenvalue weighted by molar-refractivity contribution is -0.121. The Morgan fingerprint density at radius 1 is 1.53 bits per heavy atom. The van der Waals surface area contributed by atoms with E-state index >= 15 is 0 Å². The number of carbonyl (C=O) groups is 1. The van der Waals surface area contributed by atoms with Gasteiger partial charge in [0.25, 0.3) is 0 Å². The van der Waals surface area contributed by atoms with Gasteiger partial charge in [0.05, 0.1) is 7.11 Å². The van der Waals surface area contributed by atoms with Crippen molar-refractivity contribution in [3.63, 3.8) is 0 Å². The molecule has 2 rings (SSSR count). The summed E-state index contributed by atoms with van der Waals surface area (Å²) >= 11 is 0. The maximum atomic E-state index is 12.5. The van der Waals surface area contributed by atoms with E-state index in [9.17, 15) is 4.79 Å². The topological polar surface area (TPSA) is 41.6 Å². The SMILES string of the molecule is CNCC(C)C(=O)N1CCCc2cc(OC)ccc21. The average molecular weight is 262 g/mol. The van der Waals surface area contributed by atoms with E-state index in [1.165, 1.54) is 5.56 Å². The molecular weight excluding hydrogens is 240 g/mol. The van der Waals surface area contributed by atoms with Crippen LogP contribution in [0.1, 0.15) is 18.9 Å². The minimum Gasteiger partial charge on any atom is -0.497 e. The van der Waals surface area contributed by atoms with Gasteiger partial charge in [-0.2, -0.15) is 0 Å². The molecule has 4 heteroatoms. The summed E-state index contributed by atoms with van der Waals surface area (Å²) < 4.78 is 5.25. The molecule has 19 heavy (non-hydrogen) atoms. The summed E-state index contributed by atoms with van der Waals surface area (Å²) in [6.45, 7) is 3.49. The standard InChI is InChI=1S/C15H22N2O2/c1-11(10-16-2)15(18)17-8-4-5-12-9-13(19-3)6-7-14(12)17/h6-7,9,11,16H,4-5,8,10H2,1-3H3. The summed E-state index contributed by atoms with van der Waals surface area (Å²) in [6.07, 6.45) is 2.02. The molecule has 1 unspecified atom stereocenters. The van der Waals surface area contributed by atoms with Crippen LogP contribution in [0.3, 0.4) is 0 Å². The summed E-state index contributed by atoms with van der Waals surface area (Å²) in [5, 5.41) is 3.06. The fraction of sp³-hybridized carbons (Fsp3) is 0.533. The molecule has 0 bridgehead atoms. The van der Waals surface area contributed by atoms with Gasteiger partial charge in [-0.3, -0.25) is 4.79 Å². The number of amides is 1. The summed E-state index contributed by atoms with van der Waals surface area (Å²) in [7, 11) is 3.54. The van der Waals surface area contributed by atoms with Crippen molar-refractivity contribution < 1.29 is 9.53 Å². The largest absolute Gasteiger partial charge is 0.497 e. The Kier molecular flexibility index (Phi) is 4.43. The quantitative estimate of drug-likeness (QED) is 0.900. The van der Waals surface area contributed by atoms with Crippen molar-refractivity contribution in [1.29, 1.82) is 0 Å². The van der Waals surface area contributed by atoms with Gasteiger partial charge in [-0.05, 0) is 43.7 Å². The summed E-state index contributed by atoms with van der Waals surface area (Å²) in [5.41, 5.74) is 2.25. The van der Waals surface area contributed by atoms with Crippen molar-refractivity contribution in [2.45, 2.75) is 19.8 Å². The van der Waals surface area contributed by atoms with E-state index in [0.717, 1.165) is 30.8 Å². The van der Waals surface area contributed by atoms with Gasteiger partial charge < -0.3 is 15.0 Å². The van der Waals surface area contributed by atoms with E-state index in [0.29, 0.717) is 6.54 Å². The third-order valence-electron chi connectivity index (χ3n) is 3.60. The predicted molar refractivity (Wildman–Crippen MR) is 76.8 cm³/mol. The molecule has 0 saturated heterocycles. The van der Waals surface area contributed by atoms with E-state index in [4.69, 9.17) is 4.74 Å². The normalized spacial score (nSPS) is 15.8. The maximum absolute atomic E-state index is 12.5. The first kappa shape index (κ1) is 13.9. The van der Waals surface area contributed by atoms with E-state index < -0.39 is 0 Å². The van der Waals surface area contributed by atoms with Gasteiger partial charge in [-0.1, -0.05) is 6.92 Å². The molecule has 1 atom stereocenters. The molecule has 1 N–H and O–H groups in total. The Bertz CT molecular complexity index is 459. The number of fused-ring (bicyclic) bond motifs is 1. The lowest BCUT2D eigenvalue weighted by Crippen LogP contribution is -2.41. The van der Waals surface area contributed by atoms with Gasteiger partial charge in [0, 0.05) is 24.7 Å². The van der Waals surface area contributed by atoms with E-state index in [2.05, 4.69) is 5.32 Å². The zero-order valence-electron chi connectivity index (χ0n) is 11.9. The Morgan fingerprint density at radius 2 is 2.32 bits per heavy atom. The average Bonchev–Trinajstić information content (AvgIpc) is 2.45. The molecule has 1 heterocycles. The first-order valence-electron chi connectivity index (χ1n) is 6.80. The molecule has 1 aromatic carbocycles. The number of ether oxygens (including phenoxy) is 1. The van der Waals surface area contributed by atoms with E-state index in [1.807, 2.05) is 37.1 Å². The highest BCUT2D eigenvalue weighted by Gasteiger charge is 2.26. The first-order valence-corrected chi connectivity index (χ1v) is 6.80. The van der Waals surface area contributed by atoms with Crippen LogP contribution in [0.15, 0.2) is 18.2 Å². The van der Waals surface area contributed by atoms with Crippen molar-refractivity contribution in [3.8, 4) is 5.75 Å². The molecule has 0 spiro atoms. The number of nitrogens with zero attached hydrogens (tertiary/aromatic N) is 1. The van der Waals surface area contributed by atoms with Crippen LogP contribution in [0.2, 0.25) is 0 Å². The molecule has 104 valence electrons. The van der Waals surface area contributed by atoms with Crippen molar-refractivity contribution in [2.24, 2.45) is 5.92 Å². The van der Waals surface area contributed by atoms with Crippen LogP contribution in [0.4, 0.5) is 5.69 Å². The van der Waals surface area contributed by atoms with Crippen LogP contribution in [0.25, 0.3) is 0 Å². The summed E-state index contributed by atoms with van der Waals surface area (Å²) in [5.74, 6) is 1.05. The highest BCUT2D eigenvalue weighted by atomic mass is 16.5. The number of anilines is 1. The fourth-order valence-electron chi connectivity index (χ4n) is 2.59. The zero-order valence-corrected chi connectivity index (χ0v) is 11.9. The summed E-state index contributed by atoms with van der Waals surface area (Å²) in [4.78, 5) is 14.4. The molecule has 0 aliphatic carbocycles. The van der Waals surface area contributed by atoms with Crippen LogP contribution in [0.5, 0.6) is 5.75 Å². The van der Waals surface area contributed by atoms with Crippen molar-refractivity contribution >= 4 is 11.6 Å². The molecule has 1 amide bonds. The Hall–Kier alpha value is -1.55. The van der Waals surface area contributed by atoms with Crippen LogP contribution in [-0.4, -0.2) is 33.2 Å². The third-order valence-corrected chi connectivity index (χ3v) is 3.60. The second kappa shape index (κ2) is 6.06. The molecular formula is C15H22N2O2. The second-order valence-corrected chi connectivity index (χ2v) is 5.05. The molecule has 1 aromatic rings. The van der Waals surface area contributed by atoms with Gasteiger partial charge in [0.15, 0.2) is 0 Å². The Balaban J connectivity index is 2.24. The third kappa shape index (κ3) is 2.89. The van der Waals surface area contributed by atoms with Crippen molar-refractivity contribution in [2.75, 3.05) is 32.1 Å². The number of methoxy groups -OCH3 is 1. The number of nitrogens with one attached hydrogen (secondary N) is 1. The number of benzene rings is 1. The van der Waals surface area contributed by atoms with Crippen LogP contribution >= 0.6 is 0 Å². The minimum atomic E-state index is -0.00180. The molecule has 1 aliphatic heterocycles. The number of hydrogen-bond acceptors (Lipinski definition) is 3. The molecule has 0 aromatic heterocycles. The molecule has 4 nitrogen and oxygen atoms in total. The molecule has 0 radical (unpaired) electrons. The van der Waals surface area contributed by atoms with Crippen LogP contribution in [-0.2, 0) is 11.2 Å². The van der Waals surface area contributed by atoms with Gasteiger partial charge in [-0.25, -0.2) is 0 Å². The van der Waals surface area contributed by atoms with Gasteiger partial charge >= 0.3 is 0 Å². The minimum absolute atomic E-state index is 0.00180. The van der Waals surface area contributed by atoms with E-state index in [-0.39, 0.29) is 11.8 Å².